The fourth-order valence-corrected chi connectivity index (χ4v) is 0.0589. The van der Waals surface area contributed by atoms with Crippen LogP contribution < -0.4 is 5.48 Å². The van der Waals surface area contributed by atoms with Crippen LogP contribution in [0.4, 0.5) is 0 Å². The third-order valence-electron chi connectivity index (χ3n) is 0.236. The summed E-state index contributed by atoms with van der Waals surface area (Å²) >= 11 is 0. The van der Waals surface area contributed by atoms with Crippen LogP contribution in [0.25, 0.3) is 0 Å². The molecular formula is CH3NO2. The average Bonchev–Trinajstić information content (AvgIpc) is 0.722. The van der Waals surface area contributed by atoms with Gasteiger partial charge in [0, 0.05) is 0 Å². The lowest BCUT2D eigenvalue weighted by Gasteiger charge is -2.09. The molecule has 1 fully saturated rings. The van der Waals surface area contributed by atoms with Crippen molar-refractivity contribution in [3.63, 3.8) is 0 Å². The number of rotatable bonds is 0. The number of hydroxylamine groups is 1. The Hall–Kier alpha value is -0.120. The Balaban J connectivity index is 2.00. The summed E-state index contributed by atoms with van der Waals surface area (Å²) in [6, 6.07) is 0. The molecule has 0 spiro atoms. The Morgan fingerprint density at radius 3 is 2.00 bits per heavy atom. The molecule has 1 aliphatic heterocycles. The highest BCUT2D eigenvalue weighted by Gasteiger charge is 1.93. The van der Waals surface area contributed by atoms with Crippen LogP contribution in [0.2, 0.25) is 0 Å². The van der Waals surface area contributed by atoms with Crippen molar-refractivity contribution >= 4 is 0 Å². The van der Waals surface area contributed by atoms with Crippen molar-refractivity contribution in [2.45, 2.75) is 0 Å². The standard InChI is InChI=1S/CH3NO2/c1-2-4-3-1/h2H,1H2. The van der Waals surface area contributed by atoms with E-state index in [1.54, 1.807) is 0 Å². The van der Waals surface area contributed by atoms with E-state index in [2.05, 4.69) is 15.4 Å². The van der Waals surface area contributed by atoms with Crippen LogP contribution in [0.3, 0.4) is 0 Å². The highest BCUT2D eigenvalue weighted by Crippen LogP contribution is 1.77. The van der Waals surface area contributed by atoms with Gasteiger partial charge in [0.2, 0.25) is 0 Å². The van der Waals surface area contributed by atoms with Crippen LogP contribution in [-0.4, -0.2) is 6.73 Å². The van der Waals surface area contributed by atoms with E-state index >= 15 is 0 Å². The Morgan fingerprint density at radius 1 is 1.75 bits per heavy atom. The first-order valence-electron chi connectivity index (χ1n) is 1.01. The van der Waals surface area contributed by atoms with E-state index in [-0.39, 0.29) is 0 Å². The molecule has 0 aromatic carbocycles. The molecule has 0 amide bonds. The molecule has 1 heterocycles. The van der Waals surface area contributed by atoms with Crippen molar-refractivity contribution in [3.05, 3.63) is 0 Å². The molecule has 1 rings (SSSR count). The Kier molecular flexibility index (Phi) is 0.361. The van der Waals surface area contributed by atoms with Crippen LogP contribution in [0, 0.1) is 0 Å². The highest BCUT2D eigenvalue weighted by molar-refractivity contribution is 4.02. The van der Waals surface area contributed by atoms with E-state index in [1.807, 2.05) is 0 Å². The van der Waals surface area contributed by atoms with Gasteiger partial charge in [-0.2, -0.15) is 0 Å². The molecule has 4 heavy (non-hydrogen) atoms. The van der Waals surface area contributed by atoms with Gasteiger partial charge < -0.3 is 0 Å². The third kappa shape index (κ3) is 0.0967. The van der Waals surface area contributed by atoms with Crippen molar-refractivity contribution in [3.8, 4) is 0 Å². The summed E-state index contributed by atoms with van der Waals surface area (Å²) in [5.74, 6) is 0. The first-order chi connectivity index (χ1) is 2.00. The van der Waals surface area contributed by atoms with Gasteiger partial charge in [0.25, 0.3) is 0 Å². The molecule has 1 N–H and O–H groups in total. The largest absolute Gasteiger partial charge is 0.200 e. The second-order valence-corrected chi connectivity index (χ2v) is 0.490. The maximum Gasteiger partial charge on any atom is 0.159 e. The van der Waals surface area contributed by atoms with Crippen LogP contribution in [0.15, 0.2) is 0 Å². The molecule has 0 aliphatic carbocycles. The van der Waals surface area contributed by atoms with Gasteiger partial charge in [-0.25, -0.2) is 4.89 Å². The van der Waals surface area contributed by atoms with Crippen molar-refractivity contribution < 1.29 is 9.88 Å². The smallest absolute Gasteiger partial charge is 0.159 e. The van der Waals surface area contributed by atoms with E-state index < -0.39 is 0 Å². The molecular weight excluding hydrogens is 58.0 g/mol. The quantitative estimate of drug-likeness (QED) is 0.380. The summed E-state index contributed by atoms with van der Waals surface area (Å²) in [4.78, 5) is 8.08. The summed E-state index contributed by atoms with van der Waals surface area (Å²) in [6.07, 6.45) is 0. The highest BCUT2D eigenvalue weighted by atomic mass is 17.3. The molecule has 0 unspecified atom stereocenters. The first-order valence-corrected chi connectivity index (χ1v) is 1.01. The monoisotopic (exact) mass is 61.0 g/mol. The van der Waals surface area contributed by atoms with Crippen LogP contribution >= 0.6 is 0 Å². The lowest BCUT2D eigenvalue weighted by atomic mass is 11.3. The van der Waals surface area contributed by atoms with Crippen molar-refractivity contribution in [2.24, 2.45) is 0 Å². The third-order valence-corrected chi connectivity index (χ3v) is 0.236. The minimum Gasteiger partial charge on any atom is -0.200 e. The molecule has 0 saturated carbocycles. The first kappa shape index (κ1) is 2.14. The minimum atomic E-state index is 0.528. The maximum absolute atomic E-state index is 4.11. The Morgan fingerprint density at radius 2 is 2.00 bits per heavy atom. The van der Waals surface area contributed by atoms with Gasteiger partial charge in [-0.05, 0) is 0 Å². The molecule has 1 aliphatic rings. The number of hydrogen-bond acceptors (Lipinski definition) is 3. The van der Waals surface area contributed by atoms with Gasteiger partial charge in [0.1, 0.15) is 0 Å². The second kappa shape index (κ2) is 0.676. The maximum atomic E-state index is 4.11. The molecule has 3 nitrogen and oxygen atoms in total. The summed E-state index contributed by atoms with van der Waals surface area (Å²) in [6.45, 7) is 0.528. The second-order valence-electron chi connectivity index (χ2n) is 0.490. The van der Waals surface area contributed by atoms with Gasteiger partial charge in [0.15, 0.2) is 6.73 Å². The number of hydrogen-bond donors (Lipinski definition) is 1. The van der Waals surface area contributed by atoms with E-state index in [0.717, 1.165) is 0 Å². The summed E-state index contributed by atoms with van der Waals surface area (Å²) in [7, 11) is 0. The lowest BCUT2D eigenvalue weighted by Crippen LogP contribution is -2.30. The molecule has 0 bridgehead atoms. The Labute approximate surface area is 23.4 Å². The zero-order valence-electron chi connectivity index (χ0n) is 2.02. The van der Waals surface area contributed by atoms with E-state index in [9.17, 15) is 0 Å². The predicted molar refractivity (Wildman–Crippen MR) is 10.2 cm³/mol. The van der Waals surface area contributed by atoms with Gasteiger partial charge in [-0.1, -0.05) is 0 Å². The average molecular weight is 61.0 g/mol. The molecule has 0 atom stereocenters. The normalized spacial score (nSPS) is 24.0. The van der Waals surface area contributed by atoms with Gasteiger partial charge in [-0.15, -0.1) is 10.5 Å². The van der Waals surface area contributed by atoms with Crippen molar-refractivity contribution in [1.29, 1.82) is 0 Å². The molecule has 3 heteroatoms. The molecule has 24 valence electrons. The molecule has 1 saturated heterocycles. The van der Waals surface area contributed by atoms with Crippen LogP contribution in [0.5, 0.6) is 0 Å². The fraction of sp³-hybridized carbons (Fsp3) is 1.00. The summed E-state index contributed by atoms with van der Waals surface area (Å²) in [5.41, 5.74) is 2.39. The molecule has 0 radical (unpaired) electrons. The summed E-state index contributed by atoms with van der Waals surface area (Å²) < 4.78 is 0. The SMILES string of the molecule is C1NOO1. The van der Waals surface area contributed by atoms with E-state index in [4.69, 9.17) is 0 Å². The number of nitrogens with one attached hydrogen (secondary N) is 1. The van der Waals surface area contributed by atoms with Crippen molar-refractivity contribution in [2.75, 3.05) is 6.73 Å². The van der Waals surface area contributed by atoms with Crippen molar-refractivity contribution in [1.82, 2.24) is 5.48 Å². The lowest BCUT2D eigenvalue weighted by molar-refractivity contribution is -0.445. The predicted octanol–water partition coefficient (Wildman–Crippen LogP) is -0.590. The van der Waals surface area contributed by atoms with Crippen LogP contribution in [0.1, 0.15) is 0 Å². The minimum absolute atomic E-state index is 0.528. The fourth-order valence-electron chi connectivity index (χ4n) is 0.0589. The Bertz CT molecular complexity index is 14.0. The summed E-state index contributed by atoms with van der Waals surface area (Å²) in [5, 5.41) is 0. The topological polar surface area (TPSA) is 30.5 Å². The molecule has 0 aromatic heterocycles. The zero-order valence-corrected chi connectivity index (χ0v) is 2.02. The molecule has 0 aromatic rings. The van der Waals surface area contributed by atoms with E-state index in [1.165, 1.54) is 0 Å². The van der Waals surface area contributed by atoms with Crippen LogP contribution in [-0.2, 0) is 9.88 Å². The zero-order chi connectivity index (χ0) is 2.83. The van der Waals surface area contributed by atoms with E-state index in [0.29, 0.717) is 6.73 Å². The van der Waals surface area contributed by atoms with Gasteiger partial charge in [0.05, 0.1) is 0 Å². The van der Waals surface area contributed by atoms with Gasteiger partial charge >= 0.3 is 0 Å². The van der Waals surface area contributed by atoms with Gasteiger partial charge in [-0.3, -0.25) is 0 Å².